The van der Waals surface area contributed by atoms with E-state index in [-0.39, 0.29) is 23.6 Å². The summed E-state index contributed by atoms with van der Waals surface area (Å²) in [6, 6.07) is -0.498. The normalized spacial score (nSPS) is 39.4. The van der Waals surface area contributed by atoms with Crippen LogP contribution in [0.4, 0.5) is 0 Å². The molecule has 5 heteroatoms. The minimum absolute atomic E-state index is 0.0498. The molecule has 10 heavy (non-hydrogen) atoms. The molecule has 1 rings (SSSR count). The lowest BCUT2D eigenvalue weighted by atomic mass is 10.1. The predicted molar refractivity (Wildman–Crippen MR) is 39.2 cm³/mol. The molecule has 0 aromatic heterocycles. The van der Waals surface area contributed by atoms with E-state index >= 15 is 0 Å². The SMILES string of the molecule is N[C@@H]1CS(=O)(=O)CC[C@@H]1N. The third-order valence-corrected chi connectivity index (χ3v) is 3.51. The van der Waals surface area contributed by atoms with Crippen molar-refractivity contribution in [1.82, 2.24) is 0 Å². The minimum Gasteiger partial charge on any atom is -0.326 e. The van der Waals surface area contributed by atoms with E-state index in [4.69, 9.17) is 11.5 Å². The number of sulfone groups is 1. The summed E-state index contributed by atoms with van der Waals surface area (Å²) in [5.74, 6) is 0.246. The van der Waals surface area contributed by atoms with Crippen LogP contribution in [0, 0.1) is 0 Å². The lowest BCUT2D eigenvalue weighted by Gasteiger charge is -2.24. The minimum atomic E-state index is -2.87. The second-order valence-electron chi connectivity index (χ2n) is 2.73. The van der Waals surface area contributed by atoms with E-state index in [9.17, 15) is 8.42 Å². The van der Waals surface area contributed by atoms with Crippen molar-refractivity contribution in [2.75, 3.05) is 11.5 Å². The second-order valence-corrected chi connectivity index (χ2v) is 4.96. The van der Waals surface area contributed by atoms with Crippen LogP contribution in [0.1, 0.15) is 6.42 Å². The van der Waals surface area contributed by atoms with Crippen LogP contribution in [0.2, 0.25) is 0 Å². The average molecular weight is 164 g/mol. The summed E-state index contributed by atoms with van der Waals surface area (Å²) >= 11 is 0. The molecule has 4 nitrogen and oxygen atoms in total. The standard InChI is InChI=1S/C5H12N2O2S/c6-4-1-2-10(8,9)3-5(4)7/h4-5H,1-3,6-7H2/t4-,5+/m0/s1. The topological polar surface area (TPSA) is 86.2 Å². The maximum atomic E-state index is 10.9. The molecule has 4 N–H and O–H groups in total. The van der Waals surface area contributed by atoms with Gasteiger partial charge in [-0.2, -0.15) is 0 Å². The van der Waals surface area contributed by atoms with Crippen molar-refractivity contribution in [2.45, 2.75) is 18.5 Å². The Labute approximate surface area is 60.5 Å². The van der Waals surface area contributed by atoms with Crippen molar-refractivity contribution in [3.8, 4) is 0 Å². The van der Waals surface area contributed by atoms with Gasteiger partial charge in [-0.1, -0.05) is 0 Å². The number of hydrogen-bond donors (Lipinski definition) is 2. The van der Waals surface area contributed by atoms with Crippen LogP contribution in [0.15, 0.2) is 0 Å². The fraction of sp³-hybridized carbons (Fsp3) is 1.00. The summed E-state index contributed by atoms with van der Waals surface area (Å²) in [5, 5.41) is 0. The lowest BCUT2D eigenvalue weighted by Crippen LogP contribution is -2.50. The van der Waals surface area contributed by atoms with Gasteiger partial charge in [0.15, 0.2) is 9.84 Å². The van der Waals surface area contributed by atoms with Crippen LogP contribution in [0.3, 0.4) is 0 Å². The zero-order chi connectivity index (χ0) is 7.78. The summed E-state index contributed by atoms with van der Waals surface area (Å²) in [6.07, 6.45) is 0.503. The summed E-state index contributed by atoms with van der Waals surface area (Å²) in [4.78, 5) is 0. The molecule has 0 aromatic carbocycles. The summed E-state index contributed by atoms with van der Waals surface area (Å²) in [5.41, 5.74) is 11.0. The Balaban J connectivity index is 2.66. The van der Waals surface area contributed by atoms with Gasteiger partial charge in [0.1, 0.15) is 0 Å². The molecule has 0 saturated carbocycles. The third kappa shape index (κ3) is 1.68. The summed E-state index contributed by atoms with van der Waals surface area (Å²) in [6.45, 7) is 0. The molecule has 0 bridgehead atoms. The van der Waals surface area contributed by atoms with E-state index in [1.807, 2.05) is 0 Å². The van der Waals surface area contributed by atoms with Gasteiger partial charge in [0, 0.05) is 12.1 Å². The highest BCUT2D eigenvalue weighted by atomic mass is 32.2. The van der Waals surface area contributed by atoms with Crippen LogP contribution >= 0.6 is 0 Å². The van der Waals surface area contributed by atoms with Crippen LogP contribution in [-0.4, -0.2) is 32.0 Å². The molecule has 0 amide bonds. The van der Waals surface area contributed by atoms with E-state index in [1.54, 1.807) is 0 Å². The predicted octanol–water partition coefficient (Wildman–Crippen LogP) is -1.54. The second kappa shape index (κ2) is 2.48. The fourth-order valence-corrected chi connectivity index (χ4v) is 2.66. The zero-order valence-corrected chi connectivity index (χ0v) is 6.47. The first-order chi connectivity index (χ1) is 4.51. The van der Waals surface area contributed by atoms with Gasteiger partial charge in [-0.25, -0.2) is 8.42 Å². The van der Waals surface area contributed by atoms with Crippen LogP contribution in [-0.2, 0) is 9.84 Å². The Hall–Kier alpha value is -0.130. The van der Waals surface area contributed by atoms with Crippen molar-refractivity contribution in [3.63, 3.8) is 0 Å². The summed E-state index contributed by atoms with van der Waals surface area (Å²) < 4.78 is 21.7. The summed E-state index contributed by atoms with van der Waals surface area (Å²) in [7, 11) is -2.87. The molecule has 0 spiro atoms. The van der Waals surface area contributed by atoms with Crippen molar-refractivity contribution in [3.05, 3.63) is 0 Å². The third-order valence-electron chi connectivity index (χ3n) is 1.76. The molecule has 1 aliphatic rings. The molecular formula is C5H12N2O2S. The van der Waals surface area contributed by atoms with E-state index in [0.717, 1.165) is 0 Å². The number of nitrogens with two attached hydrogens (primary N) is 2. The van der Waals surface area contributed by atoms with Gasteiger partial charge in [0.2, 0.25) is 0 Å². The van der Waals surface area contributed by atoms with Gasteiger partial charge in [-0.05, 0) is 6.42 Å². The quantitative estimate of drug-likeness (QED) is 0.454. The first-order valence-electron chi connectivity index (χ1n) is 3.23. The molecule has 1 fully saturated rings. The zero-order valence-electron chi connectivity index (χ0n) is 5.66. The highest BCUT2D eigenvalue weighted by Gasteiger charge is 2.27. The van der Waals surface area contributed by atoms with Crippen LogP contribution in [0.5, 0.6) is 0 Å². The molecule has 1 heterocycles. The fourth-order valence-electron chi connectivity index (χ4n) is 1.03. The van der Waals surface area contributed by atoms with Gasteiger partial charge in [-0.3, -0.25) is 0 Å². The molecule has 60 valence electrons. The molecule has 1 saturated heterocycles. The van der Waals surface area contributed by atoms with Gasteiger partial charge in [-0.15, -0.1) is 0 Å². The average Bonchev–Trinajstić information content (AvgIpc) is 1.79. The Morgan fingerprint density at radius 1 is 1.20 bits per heavy atom. The van der Waals surface area contributed by atoms with E-state index < -0.39 is 9.84 Å². The Bertz CT molecular complexity index is 212. The monoisotopic (exact) mass is 164 g/mol. The van der Waals surface area contributed by atoms with E-state index in [2.05, 4.69) is 0 Å². The van der Waals surface area contributed by atoms with Crippen molar-refractivity contribution >= 4 is 9.84 Å². The van der Waals surface area contributed by atoms with Crippen LogP contribution < -0.4 is 11.5 Å². The van der Waals surface area contributed by atoms with Gasteiger partial charge >= 0.3 is 0 Å². The van der Waals surface area contributed by atoms with Crippen molar-refractivity contribution in [1.29, 1.82) is 0 Å². The highest BCUT2D eigenvalue weighted by Crippen LogP contribution is 2.08. The lowest BCUT2D eigenvalue weighted by molar-refractivity contribution is 0.501. The van der Waals surface area contributed by atoms with Gasteiger partial charge < -0.3 is 11.5 Å². The highest BCUT2D eigenvalue weighted by molar-refractivity contribution is 7.91. The van der Waals surface area contributed by atoms with Crippen LogP contribution in [0.25, 0.3) is 0 Å². The maximum absolute atomic E-state index is 10.9. The molecule has 0 unspecified atom stereocenters. The molecule has 0 aliphatic carbocycles. The Morgan fingerprint density at radius 2 is 1.80 bits per heavy atom. The van der Waals surface area contributed by atoms with E-state index in [0.29, 0.717) is 6.42 Å². The molecule has 0 radical (unpaired) electrons. The number of hydrogen-bond acceptors (Lipinski definition) is 4. The largest absolute Gasteiger partial charge is 0.326 e. The molecule has 0 aromatic rings. The smallest absolute Gasteiger partial charge is 0.151 e. The molecular weight excluding hydrogens is 152 g/mol. The first kappa shape index (κ1) is 7.97. The Morgan fingerprint density at radius 3 is 2.20 bits per heavy atom. The maximum Gasteiger partial charge on any atom is 0.151 e. The van der Waals surface area contributed by atoms with Crippen molar-refractivity contribution < 1.29 is 8.42 Å². The molecule has 1 aliphatic heterocycles. The first-order valence-corrected chi connectivity index (χ1v) is 5.05. The van der Waals surface area contributed by atoms with E-state index in [1.165, 1.54) is 0 Å². The van der Waals surface area contributed by atoms with Crippen molar-refractivity contribution in [2.24, 2.45) is 11.5 Å². The molecule has 2 atom stereocenters. The number of rotatable bonds is 0. The van der Waals surface area contributed by atoms with Gasteiger partial charge in [0.25, 0.3) is 0 Å². The van der Waals surface area contributed by atoms with Gasteiger partial charge in [0.05, 0.1) is 11.5 Å². The Kier molecular flexibility index (Phi) is 1.98.